The molecule has 0 aliphatic carbocycles. The molecule has 0 aromatic heterocycles. The van der Waals surface area contributed by atoms with Gasteiger partial charge in [-0.05, 0) is 45.2 Å². The molecule has 1 aromatic rings. The van der Waals surface area contributed by atoms with E-state index in [9.17, 15) is 14.4 Å². The van der Waals surface area contributed by atoms with Crippen molar-refractivity contribution < 1.29 is 14.4 Å². The molecule has 164 valence electrons. The van der Waals surface area contributed by atoms with E-state index in [1.54, 1.807) is 4.90 Å². The largest absolute Gasteiger partial charge is 0.343 e. The highest BCUT2D eigenvalue weighted by atomic mass is 16.2. The van der Waals surface area contributed by atoms with E-state index in [-0.39, 0.29) is 36.0 Å². The van der Waals surface area contributed by atoms with Crippen molar-refractivity contribution in [3.8, 4) is 0 Å². The van der Waals surface area contributed by atoms with Crippen LogP contribution in [0.25, 0.3) is 0 Å². The van der Waals surface area contributed by atoms with E-state index in [0.717, 1.165) is 50.0 Å². The van der Waals surface area contributed by atoms with Gasteiger partial charge in [0, 0.05) is 50.7 Å². The second-order valence-electron chi connectivity index (χ2n) is 8.61. The summed E-state index contributed by atoms with van der Waals surface area (Å²) < 4.78 is 0. The van der Waals surface area contributed by atoms with Crippen molar-refractivity contribution >= 4 is 23.4 Å². The summed E-state index contributed by atoms with van der Waals surface area (Å²) >= 11 is 0. The van der Waals surface area contributed by atoms with Crippen LogP contribution >= 0.6 is 0 Å². The zero-order valence-electron chi connectivity index (χ0n) is 18.6. The highest BCUT2D eigenvalue weighted by Gasteiger charge is 2.39. The Hall–Kier alpha value is -2.37. The maximum atomic E-state index is 13.0. The molecule has 2 saturated heterocycles. The monoisotopic (exact) mass is 413 g/mol. The minimum absolute atomic E-state index is 0.0109. The Labute approximate surface area is 180 Å². The van der Waals surface area contributed by atoms with Gasteiger partial charge in [0.15, 0.2) is 0 Å². The lowest BCUT2D eigenvalue weighted by Gasteiger charge is -2.35. The standard InChI is InChI=1S/C24H35N3O3/c1-4-6-13-25(5-2)23(29)19-11-14-26(15-12-19)24(30)20-16-22(28)27(17-20)21-9-7-18(3)8-10-21/h7-10,19-20H,4-6,11-17H2,1-3H3/t20-/m1/s1. The molecule has 3 rings (SSSR count). The Kier molecular flexibility index (Phi) is 7.51. The van der Waals surface area contributed by atoms with Gasteiger partial charge in [0.2, 0.25) is 17.7 Å². The van der Waals surface area contributed by atoms with Gasteiger partial charge < -0.3 is 14.7 Å². The summed E-state index contributed by atoms with van der Waals surface area (Å²) in [5, 5.41) is 0. The van der Waals surface area contributed by atoms with Crippen molar-refractivity contribution in [2.45, 2.75) is 52.9 Å². The lowest BCUT2D eigenvalue weighted by Crippen LogP contribution is -2.46. The Morgan fingerprint density at radius 2 is 1.73 bits per heavy atom. The number of benzene rings is 1. The smallest absolute Gasteiger partial charge is 0.228 e. The fourth-order valence-electron chi connectivity index (χ4n) is 4.48. The molecule has 3 amide bonds. The fraction of sp³-hybridized carbons (Fsp3) is 0.625. The lowest BCUT2D eigenvalue weighted by atomic mass is 9.94. The third kappa shape index (κ3) is 5.02. The predicted octanol–water partition coefficient (Wildman–Crippen LogP) is 3.24. The number of likely N-dealkylation sites (tertiary alicyclic amines) is 1. The summed E-state index contributed by atoms with van der Waals surface area (Å²) in [5.41, 5.74) is 2.00. The van der Waals surface area contributed by atoms with Crippen LogP contribution in [0.15, 0.2) is 24.3 Å². The van der Waals surface area contributed by atoms with Crippen LogP contribution in [-0.2, 0) is 14.4 Å². The van der Waals surface area contributed by atoms with Gasteiger partial charge in [0.25, 0.3) is 0 Å². The molecule has 0 N–H and O–H groups in total. The van der Waals surface area contributed by atoms with Crippen molar-refractivity contribution in [1.29, 1.82) is 0 Å². The molecular formula is C24H35N3O3. The van der Waals surface area contributed by atoms with E-state index in [1.165, 1.54) is 0 Å². The molecule has 2 aliphatic rings. The van der Waals surface area contributed by atoms with Crippen LogP contribution < -0.4 is 4.90 Å². The summed E-state index contributed by atoms with van der Waals surface area (Å²) in [4.78, 5) is 43.9. The second kappa shape index (κ2) is 10.1. The Morgan fingerprint density at radius 3 is 2.33 bits per heavy atom. The topological polar surface area (TPSA) is 60.9 Å². The third-order valence-corrected chi connectivity index (χ3v) is 6.45. The summed E-state index contributed by atoms with van der Waals surface area (Å²) in [6.07, 6.45) is 3.82. The first-order valence-corrected chi connectivity index (χ1v) is 11.4. The van der Waals surface area contributed by atoms with Gasteiger partial charge in [-0.25, -0.2) is 0 Å². The number of hydrogen-bond acceptors (Lipinski definition) is 3. The molecule has 2 heterocycles. The molecule has 0 radical (unpaired) electrons. The number of carbonyl (C=O) groups excluding carboxylic acids is 3. The van der Waals surface area contributed by atoms with Gasteiger partial charge in [-0.15, -0.1) is 0 Å². The van der Waals surface area contributed by atoms with Gasteiger partial charge in [0.05, 0.1) is 5.92 Å². The molecule has 2 aliphatic heterocycles. The second-order valence-corrected chi connectivity index (χ2v) is 8.61. The average molecular weight is 414 g/mol. The van der Waals surface area contributed by atoms with E-state index in [0.29, 0.717) is 19.6 Å². The first-order valence-electron chi connectivity index (χ1n) is 11.4. The van der Waals surface area contributed by atoms with E-state index in [4.69, 9.17) is 0 Å². The highest BCUT2D eigenvalue weighted by Crippen LogP contribution is 2.28. The van der Waals surface area contributed by atoms with Crippen LogP contribution in [0, 0.1) is 18.8 Å². The molecule has 1 atom stereocenters. The van der Waals surface area contributed by atoms with Crippen LogP contribution in [0.3, 0.4) is 0 Å². The van der Waals surface area contributed by atoms with E-state index in [2.05, 4.69) is 6.92 Å². The Bertz CT molecular complexity index is 753. The third-order valence-electron chi connectivity index (χ3n) is 6.45. The van der Waals surface area contributed by atoms with Crippen molar-refractivity contribution in [2.75, 3.05) is 37.6 Å². The van der Waals surface area contributed by atoms with Gasteiger partial charge in [-0.1, -0.05) is 31.0 Å². The van der Waals surface area contributed by atoms with Crippen molar-refractivity contribution in [2.24, 2.45) is 11.8 Å². The number of hydrogen-bond donors (Lipinski definition) is 0. The zero-order chi connectivity index (χ0) is 21.7. The molecule has 1 aromatic carbocycles. The number of amides is 3. The van der Waals surface area contributed by atoms with Gasteiger partial charge in [-0.3, -0.25) is 14.4 Å². The fourth-order valence-corrected chi connectivity index (χ4v) is 4.48. The number of piperidine rings is 1. The highest BCUT2D eigenvalue weighted by molar-refractivity contribution is 6.00. The lowest BCUT2D eigenvalue weighted by molar-refractivity contribution is -0.142. The SMILES string of the molecule is CCCCN(CC)C(=O)C1CCN(C(=O)[C@@H]2CC(=O)N(c3ccc(C)cc3)C2)CC1. The predicted molar refractivity (Wildman–Crippen MR) is 118 cm³/mol. The van der Waals surface area contributed by atoms with Crippen molar-refractivity contribution in [3.05, 3.63) is 29.8 Å². The first-order chi connectivity index (χ1) is 14.4. The molecule has 6 heteroatoms. The Balaban J connectivity index is 1.53. The van der Waals surface area contributed by atoms with Gasteiger partial charge in [0.1, 0.15) is 0 Å². The molecule has 0 bridgehead atoms. The minimum atomic E-state index is -0.289. The summed E-state index contributed by atoms with van der Waals surface area (Å²) in [7, 11) is 0. The normalized spacial score (nSPS) is 20.0. The molecular weight excluding hydrogens is 378 g/mol. The molecule has 0 unspecified atom stereocenters. The summed E-state index contributed by atoms with van der Waals surface area (Å²) in [6, 6.07) is 7.85. The molecule has 30 heavy (non-hydrogen) atoms. The van der Waals surface area contributed by atoms with Crippen LogP contribution in [-0.4, -0.2) is 60.2 Å². The number of anilines is 1. The number of rotatable bonds is 7. The Morgan fingerprint density at radius 1 is 1.07 bits per heavy atom. The zero-order valence-corrected chi connectivity index (χ0v) is 18.6. The van der Waals surface area contributed by atoms with Crippen LogP contribution in [0.4, 0.5) is 5.69 Å². The molecule has 6 nitrogen and oxygen atoms in total. The number of unbranched alkanes of at least 4 members (excludes halogenated alkanes) is 1. The average Bonchev–Trinajstić information content (AvgIpc) is 3.16. The first kappa shape index (κ1) is 22.3. The van der Waals surface area contributed by atoms with Crippen LogP contribution in [0.2, 0.25) is 0 Å². The molecule has 2 fully saturated rings. The maximum Gasteiger partial charge on any atom is 0.228 e. The maximum absolute atomic E-state index is 13.0. The van der Waals surface area contributed by atoms with Crippen LogP contribution in [0.1, 0.15) is 51.5 Å². The van der Waals surface area contributed by atoms with E-state index >= 15 is 0 Å². The number of nitrogens with zero attached hydrogens (tertiary/aromatic N) is 3. The van der Waals surface area contributed by atoms with E-state index < -0.39 is 0 Å². The molecule has 0 saturated carbocycles. The molecule has 0 spiro atoms. The minimum Gasteiger partial charge on any atom is -0.343 e. The number of aryl methyl sites for hydroxylation is 1. The van der Waals surface area contributed by atoms with Gasteiger partial charge >= 0.3 is 0 Å². The van der Waals surface area contributed by atoms with Crippen molar-refractivity contribution in [1.82, 2.24) is 9.80 Å². The van der Waals surface area contributed by atoms with Gasteiger partial charge in [-0.2, -0.15) is 0 Å². The summed E-state index contributed by atoms with van der Waals surface area (Å²) in [5.74, 6) is 0.0291. The summed E-state index contributed by atoms with van der Waals surface area (Å²) in [6.45, 7) is 9.41. The van der Waals surface area contributed by atoms with Crippen molar-refractivity contribution in [3.63, 3.8) is 0 Å². The van der Waals surface area contributed by atoms with Crippen LogP contribution in [0.5, 0.6) is 0 Å². The van der Waals surface area contributed by atoms with E-state index in [1.807, 2.05) is 47.9 Å². The number of carbonyl (C=O) groups is 3. The quantitative estimate of drug-likeness (QED) is 0.689.